The number of hydrogen-bond donors (Lipinski definition) is 3. The number of hydrogen-bond acceptors (Lipinski definition) is 3. The van der Waals surface area contributed by atoms with Crippen LogP contribution in [0.25, 0.3) is 0 Å². The van der Waals surface area contributed by atoms with Gasteiger partial charge in [-0.3, -0.25) is 15.2 Å². The first-order valence-electron chi connectivity index (χ1n) is 5.99. The lowest BCUT2D eigenvalue weighted by Gasteiger charge is -2.09. The summed E-state index contributed by atoms with van der Waals surface area (Å²) < 4.78 is 0. The molecule has 2 rings (SSSR count). The molecule has 1 heterocycles. The van der Waals surface area contributed by atoms with Crippen LogP contribution in [0.3, 0.4) is 0 Å². The van der Waals surface area contributed by atoms with Crippen molar-refractivity contribution >= 4 is 17.6 Å². The fourth-order valence-corrected chi connectivity index (χ4v) is 1.57. The normalized spacial score (nSPS) is 9.65. The Kier molecular flexibility index (Phi) is 4.28. The number of urea groups is 1. The molecule has 0 unspecified atom stereocenters. The van der Waals surface area contributed by atoms with Crippen molar-refractivity contribution in [1.29, 1.82) is 0 Å². The first-order chi connectivity index (χ1) is 9.65. The summed E-state index contributed by atoms with van der Waals surface area (Å²) in [6.07, 6.45) is 2.98. The summed E-state index contributed by atoms with van der Waals surface area (Å²) in [4.78, 5) is 27.1. The van der Waals surface area contributed by atoms with Crippen molar-refractivity contribution < 1.29 is 9.59 Å². The molecular formula is C14H14N4O2. The van der Waals surface area contributed by atoms with E-state index in [1.54, 1.807) is 24.4 Å². The van der Waals surface area contributed by atoms with Gasteiger partial charge in [0.1, 0.15) is 0 Å². The molecule has 102 valence electrons. The van der Waals surface area contributed by atoms with Crippen molar-refractivity contribution in [3.63, 3.8) is 0 Å². The highest BCUT2D eigenvalue weighted by Crippen LogP contribution is 2.08. The highest BCUT2D eigenvalue weighted by Gasteiger charge is 2.06. The predicted molar refractivity (Wildman–Crippen MR) is 75.0 cm³/mol. The molecule has 2 aromatic rings. The summed E-state index contributed by atoms with van der Waals surface area (Å²) >= 11 is 0. The maximum Gasteiger partial charge on any atom is 0.337 e. The molecule has 6 nitrogen and oxygen atoms in total. The molecule has 0 saturated carbocycles. The van der Waals surface area contributed by atoms with Gasteiger partial charge in [-0.05, 0) is 36.8 Å². The zero-order valence-electron chi connectivity index (χ0n) is 10.9. The minimum absolute atomic E-state index is 0.364. The molecule has 0 fully saturated rings. The van der Waals surface area contributed by atoms with E-state index in [0.717, 1.165) is 5.56 Å². The molecule has 1 aromatic heterocycles. The second-order valence-electron chi connectivity index (χ2n) is 4.14. The number of aromatic nitrogens is 1. The number of amides is 3. The van der Waals surface area contributed by atoms with Crippen LogP contribution in [-0.2, 0) is 0 Å². The molecule has 20 heavy (non-hydrogen) atoms. The van der Waals surface area contributed by atoms with Crippen LogP contribution >= 0.6 is 0 Å². The molecule has 0 spiro atoms. The van der Waals surface area contributed by atoms with E-state index in [1.165, 1.54) is 6.20 Å². The first-order valence-corrected chi connectivity index (χ1v) is 5.99. The third-order valence-electron chi connectivity index (χ3n) is 2.49. The van der Waals surface area contributed by atoms with Gasteiger partial charge in [0, 0.05) is 18.1 Å². The highest BCUT2D eigenvalue weighted by atomic mass is 16.2. The van der Waals surface area contributed by atoms with E-state index >= 15 is 0 Å². The van der Waals surface area contributed by atoms with Gasteiger partial charge in [-0.25, -0.2) is 10.2 Å². The van der Waals surface area contributed by atoms with Gasteiger partial charge in [-0.2, -0.15) is 0 Å². The number of nitrogens with zero attached hydrogens (tertiary/aromatic N) is 1. The third-order valence-corrected chi connectivity index (χ3v) is 2.49. The molecule has 3 N–H and O–H groups in total. The summed E-state index contributed by atoms with van der Waals surface area (Å²) in [7, 11) is 0. The van der Waals surface area contributed by atoms with Crippen molar-refractivity contribution in [2.45, 2.75) is 6.92 Å². The quantitative estimate of drug-likeness (QED) is 0.728. The van der Waals surface area contributed by atoms with E-state index < -0.39 is 11.9 Å². The fourth-order valence-electron chi connectivity index (χ4n) is 1.57. The molecule has 1 aromatic carbocycles. The van der Waals surface area contributed by atoms with Crippen molar-refractivity contribution in [2.24, 2.45) is 0 Å². The van der Waals surface area contributed by atoms with Gasteiger partial charge in [-0.15, -0.1) is 0 Å². The second-order valence-corrected chi connectivity index (χ2v) is 4.14. The number of benzene rings is 1. The van der Waals surface area contributed by atoms with Crippen LogP contribution in [0, 0.1) is 6.92 Å². The van der Waals surface area contributed by atoms with Gasteiger partial charge in [0.05, 0.1) is 5.56 Å². The topological polar surface area (TPSA) is 83.1 Å². The molecule has 0 saturated heterocycles. The first kappa shape index (κ1) is 13.5. The molecule has 0 aliphatic rings. The smallest absolute Gasteiger partial charge is 0.307 e. The zero-order valence-corrected chi connectivity index (χ0v) is 10.9. The van der Waals surface area contributed by atoms with Crippen LogP contribution in [0.4, 0.5) is 10.5 Å². The SMILES string of the molecule is Cc1cccc(NC(=O)NNC(=O)c2cccnc2)c1. The third kappa shape index (κ3) is 3.81. The number of carbonyl (C=O) groups excluding carboxylic acids is 2. The Labute approximate surface area is 116 Å². The van der Waals surface area contributed by atoms with Crippen LogP contribution in [0.1, 0.15) is 15.9 Å². The van der Waals surface area contributed by atoms with E-state index in [2.05, 4.69) is 21.2 Å². The summed E-state index contributed by atoms with van der Waals surface area (Å²) in [6, 6.07) is 10.1. The van der Waals surface area contributed by atoms with E-state index in [1.807, 2.05) is 25.1 Å². The fraction of sp³-hybridized carbons (Fsp3) is 0.0714. The lowest BCUT2D eigenvalue weighted by Crippen LogP contribution is -2.43. The Morgan fingerprint density at radius 1 is 1.10 bits per heavy atom. The molecule has 0 aliphatic carbocycles. The average Bonchev–Trinajstić information content (AvgIpc) is 2.46. The van der Waals surface area contributed by atoms with Crippen molar-refractivity contribution in [2.75, 3.05) is 5.32 Å². The van der Waals surface area contributed by atoms with Crippen LogP contribution in [-0.4, -0.2) is 16.9 Å². The Morgan fingerprint density at radius 3 is 2.65 bits per heavy atom. The predicted octanol–water partition coefficient (Wildman–Crippen LogP) is 1.86. The highest BCUT2D eigenvalue weighted by molar-refractivity contribution is 5.96. The zero-order chi connectivity index (χ0) is 14.4. The lowest BCUT2D eigenvalue weighted by molar-refractivity contribution is 0.0937. The monoisotopic (exact) mass is 270 g/mol. The molecule has 0 radical (unpaired) electrons. The Morgan fingerprint density at radius 2 is 1.95 bits per heavy atom. The van der Waals surface area contributed by atoms with Gasteiger partial charge in [0.15, 0.2) is 0 Å². The van der Waals surface area contributed by atoms with Gasteiger partial charge >= 0.3 is 6.03 Å². The van der Waals surface area contributed by atoms with E-state index in [4.69, 9.17) is 0 Å². The maximum absolute atomic E-state index is 11.7. The van der Waals surface area contributed by atoms with Gasteiger partial charge in [0.25, 0.3) is 5.91 Å². The number of rotatable bonds is 2. The van der Waals surface area contributed by atoms with Crippen LogP contribution < -0.4 is 16.2 Å². The summed E-state index contributed by atoms with van der Waals surface area (Å²) in [6.45, 7) is 1.92. The summed E-state index contributed by atoms with van der Waals surface area (Å²) in [5.74, 6) is -0.433. The molecular weight excluding hydrogens is 256 g/mol. The number of pyridine rings is 1. The Balaban J connectivity index is 1.85. The van der Waals surface area contributed by atoms with Gasteiger partial charge in [-0.1, -0.05) is 12.1 Å². The minimum Gasteiger partial charge on any atom is -0.307 e. The van der Waals surface area contributed by atoms with Crippen molar-refractivity contribution in [3.8, 4) is 0 Å². The molecule has 3 amide bonds. The van der Waals surface area contributed by atoms with Crippen LogP contribution in [0.15, 0.2) is 48.8 Å². The van der Waals surface area contributed by atoms with Gasteiger partial charge in [0.2, 0.25) is 0 Å². The second kappa shape index (κ2) is 6.33. The molecule has 0 aliphatic heterocycles. The van der Waals surface area contributed by atoms with Crippen LogP contribution in [0.5, 0.6) is 0 Å². The molecule has 0 bridgehead atoms. The Hall–Kier alpha value is -2.89. The van der Waals surface area contributed by atoms with E-state index in [9.17, 15) is 9.59 Å². The standard InChI is InChI=1S/C14H14N4O2/c1-10-4-2-6-12(8-10)16-14(20)18-17-13(19)11-5-3-7-15-9-11/h2-9H,1H3,(H,17,19)(H2,16,18,20). The van der Waals surface area contributed by atoms with E-state index in [-0.39, 0.29) is 0 Å². The minimum atomic E-state index is -0.521. The lowest BCUT2D eigenvalue weighted by atomic mass is 10.2. The van der Waals surface area contributed by atoms with Crippen LogP contribution in [0.2, 0.25) is 0 Å². The van der Waals surface area contributed by atoms with Crippen molar-refractivity contribution in [1.82, 2.24) is 15.8 Å². The summed E-state index contributed by atoms with van der Waals surface area (Å²) in [5, 5.41) is 2.61. The largest absolute Gasteiger partial charge is 0.337 e. The maximum atomic E-state index is 11.7. The Bertz CT molecular complexity index is 614. The number of aryl methyl sites for hydroxylation is 1. The molecule has 6 heteroatoms. The molecule has 0 atom stereocenters. The summed E-state index contributed by atoms with van der Waals surface area (Å²) in [5.41, 5.74) is 6.61. The van der Waals surface area contributed by atoms with E-state index in [0.29, 0.717) is 11.3 Å². The van der Waals surface area contributed by atoms with Gasteiger partial charge < -0.3 is 5.32 Å². The average molecular weight is 270 g/mol. The number of carbonyl (C=O) groups is 2. The number of nitrogens with one attached hydrogen (secondary N) is 3. The number of anilines is 1. The van der Waals surface area contributed by atoms with Crippen molar-refractivity contribution in [3.05, 3.63) is 59.9 Å². The number of hydrazine groups is 1.